The van der Waals surface area contributed by atoms with Gasteiger partial charge in [0.15, 0.2) is 5.78 Å². The molecule has 2 aromatic heterocycles. The minimum atomic E-state index is -0.118. The van der Waals surface area contributed by atoms with Gasteiger partial charge in [-0.25, -0.2) is 4.98 Å². The molecule has 1 aromatic carbocycles. The molecule has 0 saturated heterocycles. The summed E-state index contributed by atoms with van der Waals surface area (Å²) in [5.74, 6) is 0.699. The van der Waals surface area contributed by atoms with E-state index in [0.717, 1.165) is 17.7 Å². The number of fused-ring (bicyclic) bond motifs is 3. The van der Waals surface area contributed by atoms with E-state index in [9.17, 15) is 4.79 Å². The zero-order valence-electron chi connectivity index (χ0n) is 13.1. The maximum Gasteiger partial charge on any atom is 0.254 e. The van der Waals surface area contributed by atoms with Crippen LogP contribution in [0.25, 0.3) is 17.0 Å². The van der Waals surface area contributed by atoms with Crippen molar-refractivity contribution in [3.8, 4) is 11.3 Å². The predicted octanol–water partition coefficient (Wildman–Crippen LogP) is 2.53. The summed E-state index contributed by atoms with van der Waals surface area (Å²) in [5, 5.41) is 4.23. The Bertz CT molecular complexity index is 927. The number of ketones is 1. The van der Waals surface area contributed by atoms with E-state index in [0.29, 0.717) is 23.5 Å². The van der Waals surface area contributed by atoms with Crippen molar-refractivity contribution in [1.82, 2.24) is 19.6 Å². The number of aromatic nitrogens is 4. The van der Waals surface area contributed by atoms with Crippen LogP contribution in [0.5, 0.6) is 0 Å². The van der Waals surface area contributed by atoms with Gasteiger partial charge in [0, 0.05) is 12.0 Å². The summed E-state index contributed by atoms with van der Waals surface area (Å²) in [4.78, 5) is 21.6. The van der Waals surface area contributed by atoms with Crippen molar-refractivity contribution in [3.63, 3.8) is 0 Å². The van der Waals surface area contributed by atoms with Gasteiger partial charge in [0.1, 0.15) is 0 Å². The maximum atomic E-state index is 12.8. The number of benzene rings is 1. The second-order valence-corrected chi connectivity index (χ2v) is 6.77. The van der Waals surface area contributed by atoms with E-state index in [1.165, 1.54) is 0 Å². The number of hydrogen-bond acceptors (Lipinski definition) is 5. The van der Waals surface area contributed by atoms with E-state index in [2.05, 4.69) is 28.9 Å². The number of anilines is 1. The van der Waals surface area contributed by atoms with E-state index >= 15 is 0 Å². The SMILES string of the molecule is CC1(C)CC(=O)c2c(-c3ccccc3)nc3nc(N)nn3c2C1. The summed E-state index contributed by atoms with van der Waals surface area (Å²) in [6.07, 6.45) is 1.23. The number of carbonyl (C=O) groups is 1. The van der Waals surface area contributed by atoms with E-state index < -0.39 is 0 Å². The molecule has 0 radical (unpaired) electrons. The Morgan fingerprint density at radius 3 is 2.61 bits per heavy atom. The van der Waals surface area contributed by atoms with Gasteiger partial charge in [-0.2, -0.15) is 9.50 Å². The second-order valence-electron chi connectivity index (χ2n) is 6.77. The Hall–Kier alpha value is -2.76. The summed E-state index contributed by atoms with van der Waals surface area (Å²) in [6.45, 7) is 4.17. The van der Waals surface area contributed by atoms with Crippen molar-refractivity contribution in [2.24, 2.45) is 5.41 Å². The molecule has 6 heteroatoms. The Kier molecular flexibility index (Phi) is 2.78. The maximum absolute atomic E-state index is 12.8. The lowest BCUT2D eigenvalue weighted by Crippen LogP contribution is -2.30. The first kappa shape index (κ1) is 13.9. The van der Waals surface area contributed by atoms with Crippen molar-refractivity contribution >= 4 is 17.5 Å². The standard InChI is InChI=1S/C17H17N5O/c1-17(2)8-11-13(12(23)9-17)14(10-6-4-3-5-7-10)19-16-20-15(18)21-22(11)16/h3-7H,8-9H2,1-2H3,(H2,18,21). The van der Waals surface area contributed by atoms with E-state index in [4.69, 9.17) is 5.73 Å². The number of Topliss-reactive ketones (excluding diaryl/α,β-unsaturated/α-hetero) is 1. The van der Waals surface area contributed by atoms with Crippen molar-refractivity contribution in [2.45, 2.75) is 26.7 Å². The molecular weight excluding hydrogens is 290 g/mol. The number of nitrogen functional groups attached to an aromatic ring is 1. The van der Waals surface area contributed by atoms with Crippen LogP contribution in [0.2, 0.25) is 0 Å². The van der Waals surface area contributed by atoms with Crippen molar-refractivity contribution in [3.05, 3.63) is 41.6 Å². The largest absolute Gasteiger partial charge is 0.366 e. The molecule has 3 aromatic rings. The van der Waals surface area contributed by atoms with Gasteiger partial charge in [0.05, 0.1) is 17.0 Å². The summed E-state index contributed by atoms with van der Waals surface area (Å²) in [7, 11) is 0. The van der Waals surface area contributed by atoms with Gasteiger partial charge >= 0.3 is 0 Å². The van der Waals surface area contributed by atoms with Crippen LogP contribution < -0.4 is 5.73 Å². The zero-order chi connectivity index (χ0) is 16.2. The molecule has 2 heterocycles. The predicted molar refractivity (Wildman–Crippen MR) is 87.1 cm³/mol. The quantitative estimate of drug-likeness (QED) is 0.746. The van der Waals surface area contributed by atoms with Crippen LogP contribution in [0, 0.1) is 5.41 Å². The van der Waals surface area contributed by atoms with Crippen molar-refractivity contribution < 1.29 is 4.79 Å². The molecule has 0 saturated carbocycles. The first-order valence-corrected chi connectivity index (χ1v) is 7.58. The summed E-state index contributed by atoms with van der Waals surface area (Å²) < 4.78 is 1.62. The molecule has 0 fully saturated rings. The minimum Gasteiger partial charge on any atom is -0.366 e. The number of carbonyl (C=O) groups excluding carboxylic acids is 1. The molecule has 0 unspecified atom stereocenters. The van der Waals surface area contributed by atoms with Crippen LogP contribution >= 0.6 is 0 Å². The normalized spacial score (nSPS) is 16.5. The fourth-order valence-corrected chi connectivity index (χ4v) is 3.27. The molecule has 23 heavy (non-hydrogen) atoms. The number of nitrogens with two attached hydrogens (primary N) is 1. The number of nitrogens with zero attached hydrogens (tertiary/aromatic N) is 4. The van der Waals surface area contributed by atoms with Crippen LogP contribution in [0.4, 0.5) is 5.95 Å². The van der Waals surface area contributed by atoms with Crippen LogP contribution in [0.15, 0.2) is 30.3 Å². The number of rotatable bonds is 1. The van der Waals surface area contributed by atoms with Crippen molar-refractivity contribution in [1.29, 1.82) is 0 Å². The molecule has 0 spiro atoms. The van der Waals surface area contributed by atoms with Gasteiger partial charge in [-0.15, -0.1) is 5.10 Å². The molecule has 6 nitrogen and oxygen atoms in total. The van der Waals surface area contributed by atoms with Crippen LogP contribution in [-0.4, -0.2) is 25.4 Å². The Morgan fingerprint density at radius 1 is 1.13 bits per heavy atom. The molecule has 0 atom stereocenters. The van der Waals surface area contributed by atoms with Gasteiger partial charge < -0.3 is 5.73 Å². The van der Waals surface area contributed by atoms with E-state index in [-0.39, 0.29) is 17.1 Å². The van der Waals surface area contributed by atoms with Gasteiger partial charge in [-0.3, -0.25) is 4.79 Å². The highest BCUT2D eigenvalue weighted by Gasteiger charge is 2.36. The summed E-state index contributed by atoms with van der Waals surface area (Å²) in [5.41, 5.74) is 8.69. The van der Waals surface area contributed by atoms with Crippen LogP contribution in [0.1, 0.15) is 36.3 Å². The monoisotopic (exact) mass is 307 g/mol. The minimum absolute atomic E-state index is 0.0959. The first-order valence-electron chi connectivity index (χ1n) is 7.58. The third kappa shape index (κ3) is 2.18. The average molecular weight is 307 g/mol. The van der Waals surface area contributed by atoms with E-state index in [1.807, 2.05) is 30.3 Å². The highest BCUT2D eigenvalue weighted by molar-refractivity contribution is 6.04. The highest BCUT2D eigenvalue weighted by atomic mass is 16.1. The zero-order valence-corrected chi connectivity index (χ0v) is 13.1. The lowest BCUT2D eigenvalue weighted by atomic mass is 9.75. The summed E-state index contributed by atoms with van der Waals surface area (Å²) >= 11 is 0. The topological polar surface area (TPSA) is 86.2 Å². The molecule has 2 N–H and O–H groups in total. The fraction of sp³-hybridized carbons (Fsp3) is 0.294. The molecule has 0 amide bonds. The molecule has 0 aliphatic heterocycles. The van der Waals surface area contributed by atoms with Crippen LogP contribution in [-0.2, 0) is 6.42 Å². The molecular formula is C17H17N5O. The smallest absolute Gasteiger partial charge is 0.254 e. The third-order valence-electron chi connectivity index (χ3n) is 4.21. The lowest BCUT2D eigenvalue weighted by Gasteiger charge is -2.30. The van der Waals surface area contributed by atoms with Crippen LogP contribution in [0.3, 0.4) is 0 Å². The fourth-order valence-electron chi connectivity index (χ4n) is 3.27. The molecule has 116 valence electrons. The van der Waals surface area contributed by atoms with Gasteiger partial charge in [0.2, 0.25) is 5.95 Å². The van der Waals surface area contributed by atoms with Gasteiger partial charge in [0.25, 0.3) is 5.78 Å². The lowest BCUT2D eigenvalue weighted by molar-refractivity contribution is 0.0909. The average Bonchev–Trinajstić information content (AvgIpc) is 2.87. The van der Waals surface area contributed by atoms with Crippen molar-refractivity contribution in [2.75, 3.05) is 5.73 Å². The Labute approximate surface area is 133 Å². The third-order valence-corrected chi connectivity index (χ3v) is 4.21. The Morgan fingerprint density at radius 2 is 1.87 bits per heavy atom. The molecule has 1 aliphatic carbocycles. The molecule has 0 bridgehead atoms. The summed E-state index contributed by atoms with van der Waals surface area (Å²) in [6, 6.07) is 9.71. The van der Waals surface area contributed by atoms with Gasteiger partial charge in [-0.1, -0.05) is 44.2 Å². The first-order chi connectivity index (χ1) is 10.9. The Balaban J connectivity index is 2.09. The second kappa shape index (κ2) is 4.62. The molecule has 1 aliphatic rings. The van der Waals surface area contributed by atoms with Gasteiger partial charge in [-0.05, 0) is 11.8 Å². The highest BCUT2D eigenvalue weighted by Crippen LogP contribution is 2.38. The van der Waals surface area contributed by atoms with E-state index in [1.54, 1.807) is 4.52 Å². The number of hydrogen-bond donors (Lipinski definition) is 1. The molecule has 4 rings (SSSR count).